The average Bonchev–Trinajstić information content (AvgIpc) is 2.32. The molecular formula is C13H17BrN2O3. The van der Waals surface area contributed by atoms with Crippen LogP contribution in [0, 0.1) is 0 Å². The monoisotopic (exact) mass is 328 g/mol. The zero-order valence-electron chi connectivity index (χ0n) is 11.1. The molecule has 0 bridgehead atoms. The zero-order chi connectivity index (χ0) is 14.8. The van der Waals surface area contributed by atoms with E-state index in [1.54, 1.807) is 19.1 Å². The van der Waals surface area contributed by atoms with Crippen LogP contribution < -0.4 is 5.73 Å². The Balaban J connectivity index is 3.23. The minimum atomic E-state index is -1.28. The summed E-state index contributed by atoms with van der Waals surface area (Å²) in [5, 5.41) is 9.23. The van der Waals surface area contributed by atoms with Crippen molar-refractivity contribution in [3.8, 4) is 0 Å². The molecule has 0 radical (unpaired) electrons. The molecule has 5 nitrogen and oxygen atoms in total. The molecule has 0 aliphatic carbocycles. The number of likely N-dealkylation sites (N-methyl/N-ethyl adjacent to an activating group) is 1. The van der Waals surface area contributed by atoms with Crippen molar-refractivity contribution in [1.29, 1.82) is 0 Å². The minimum Gasteiger partial charge on any atom is -0.480 e. The molecule has 0 aliphatic rings. The summed E-state index contributed by atoms with van der Waals surface area (Å²) in [5.74, 6) is -1.42. The van der Waals surface area contributed by atoms with Crippen molar-refractivity contribution in [1.82, 2.24) is 4.90 Å². The number of benzene rings is 1. The molecule has 0 unspecified atom stereocenters. The Hall–Kier alpha value is -1.56. The number of aliphatic carboxylic acids is 1. The van der Waals surface area contributed by atoms with Gasteiger partial charge in [0.1, 0.15) is 5.54 Å². The topological polar surface area (TPSA) is 83.6 Å². The highest BCUT2D eigenvalue weighted by Gasteiger charge is 2.37. The predicted octanol–water partition coefficient (Wildman–Crippen LogP) is 2.36. The van der Waals surface area contributed by atoms with Gasteiger partial charge in [-0.15, -0.1) is 0 Å². The Morgan fingerprint density at radius 2 is 2.00 bits per heavy atom. The Morgan fingerprint density at radius 3 is 2.47 bits per heavy atom. The van der Waals surface area contributed by atoms with E-state index in [4.69, 9.17) is 5.73 Å². The van der Waals surface area contributed by atoms with E-state index in [-0.39, 0.29) is 5.91 Å². The SMILES string of the molecule is CCN(C(=O)c1cc(N)ccc1Br)C(C)(C)C(=O)O. The van der Waals surface area contributed by atoms with Crippen molar-refractivity contribution in [3.63, 3.8) is 0 Å². The lowest BCUT2D eigenvalue weighted by molar-refractivity contribution is -0.147. The molecule has 0 aliphatic heterocycles. The molecule has 0 atom stereocenters. The largest absolute Gasteiger partial charge is 0.480 e. The normalized spacial score (nSPS) is 11.2. The van der Waals surface area contributed by atoms with Gasteiger partial charge in [0.15, 0.2) is 0 Å². The lowest BCUT2D eigenvalue weighted by Gasteiger charge is -2.34. The maximum Gasteiger partial charge on any atom is 0.329 e. The van der Waals surface area contributed by atoms with Crippen molar-refractivity contribution in [2.45, 2.75) is 26.3 Å². The van der Waals surface area contributed by atoms with Crippen LogP contribution >= 0.6 is 15.9 Å². The highest BCUT2D eigenvalue weighted by molar-refractivity contribution is 9.10. The van der Waals surface area contributed by atoms with E-state index < -0.39 is 11.5 Å². The Morgan fingerprint density at radius 1 is 1.42 bits per heavy atom. The van der Waals surface area contributed by atoms with Crippen LogP contribution in [0.1, 0.15) is 31.1 Å². The molecule has 104 valence electrons. The number of carbonyl (C=O) groups is 2. The fourth-order valence-electron chi connectivity index (χ4n) is 1.76. The van der Waals surface area contributed by atoms with Crippen LogP contribution in [-0.4, -0.2) is 34.0 Å². The number of nitrogen functional groups attached to an aromatic ring is 1. The zero-order valence-corrected chi connectivity index (χ0v) is 12.7. The standard InChI is InChI=1S/C13H17BrN2O3/c1-4-16(13(2,3)12(18)19)11(17)9-7-8(15)5-6-10(9)14/h5-7H,4,15H2,1-3H3,(H,18,19). The summed E-state index contributed by atoms with van der Waals surface area (Å²) in [5.41, 5.74) is 5.20. The molecule has 0 aromatic heterocycles. The number of anilines is 1. The molecule has 0 heterocycles. The van der Waals surface area contributed by atoms with Crippen LogP contribution in [0.25, 0.3) is 0 Å². The van der Waals surface area contributed by atoms with Gasteiger partial charge in [-0.1, -0.05) is 0 Å². The molecule has 0 saturated carbocycles. The first-order valence-corrected chi connectivity index (χ1v) is 6.61. The van der Waals surface area contributed by atoms with Crippen molar-refractivity contribution in [2.75, 3.05) is 12.3 Å². The second-order valence-electron chi connectivity index (χ2n) is 4.65. The summed E-state index contributed by atoms with van der Waals surface area (Å²) in [4.78, 5) is 25.1. The molecule has 1 rings (SSSR count). The molecule has 6 heteroatoms. The van der Waals surface area contributed by atoms with E-state index in [9.17, 15) is 14.7 Å². The summed E-state index contributed by atoms with van der Waals surface area (Å²) < 4.78 is 0.589. The van der Waals surface area contributed by atoms with Gasteiger partial charge in [0, 0.05) is 16.7 Å². The first-order chi connectivity index (χ1) is 8.71. The average molecular weight is 329 g/mol. The van der Waals surface area contributed by atoms with Crippen LogP contribution in [0.4, 0.5) is 5.69 Å². The van der Waals surface area contributed by atoms with Gasteiger partial charge >= 0.3 is 5.97 Å². The third-order valence-electron chi connectivity index (χ3n) is 2.98. The van der Waals surface area contributed by atoms with Crippen molar-refractivity contribution in [3.05, 3.63) is 28.2 Å². The maximum absolute atomic E-state index is 12.5. The minimum absolute atomic E-state index is 0.291. The lowest BCUT2D eigenvalue weighted by atomic mass is 10.0. The smallest absolute Gasteiger partial charge is 0.329 e. The molecule has 1 amide bonds. The van der Waals surface area contributed by atoms with Gasteiger partial charge < -0.3 is 15.7 Å². The first-order valence-electron chi connectivity index (χ1n) is 5.82. The van der Waals surface area contributed by atoms with E-state index in [0.717, 1.165) is 0 Å². The van der Waals surface area contributed by atoms with E-state index >= 15 is 0 Å². The molecule has 1 aromatic carbocycles. The summed E-state index contributed by atoms with van der Waals surface area (Å²) in [6.07, 6.45) is 0. The summed E-state index contributed by atoms with van der Waals surface area (Å²) in [7, 11) is 0. The Kier molecular flexibility index (Phi) is 4.57. The highest BCUT2D eigenvalue weighted by Crippen LogP contribution is 2.25. The number of carbonyl (C=O) groups excluding carboxylic acids is 1. The van der Waals surface area contributed by atoms with E-state index in [1.165, 1.54) is 24.8 Å². The third kappa shape index (κ3) is 3.07. The fraction of sp³-hybridized carbons (Fsp3) is 0.385. The van der Waals surface area contributed by atoms with Gasteiger partial charge in [0.05, 0.1) is 5.56 Å². The van der Waals surface area contributed by atoms with Crippen molar-refractivity contribution < 1.29 is 14.7 Å². The van der Waals surface area contributed by atoms with Crippen molar-refractivity contribution in [2.24, 2.45) is 0 Å². The molecule has 3 N–H and O–H groups in total. The van der Waals surface area contributed by atoms with E-state index in [1.807, 2.05) is 0 Å². The molecule has 0 fully saturated rings. The quantitative estimate of drug-likeness (QED) is 0.831. The number of nitrogens with zero attached hydrogens (tertiary/aromatic N) is 1. The van der Waals surface area contributed by atoms with E-state index in [0.29, 0.717) is 22.3 Å². The number of rotatable bonds is 4. The summed E-state index contributed by atoms with van der Waals surface area (Å²) in [6, 6.07) is 4.87. The second-order valence-corrected chi connectivity index (χ2v) is 5.51. The molecule has 0 spiro atoms. The van der Waals surface area contributed by atoms with Crippen LogP contribution in [0.2, 0.25) is 0 Å². The fourth-order valence-corrected chi connectivity index (χ4v) is 2.18. The first kappa shape index (κ1) is 15.5. The van der Waals surface area contributed by atoms with Crippen LogP contribution in [0.3, 0.4) is 0 Å². The summed E-state index contributed by atoms with van der Waals surface area (Å²) >= 11 is 3.28. The highest BCUT2D eigenvalue weighted by atomic mass is 79.9. The second kappa shape index (κ2) is 5.61. The summed E-state index contributed by atoms with van der Waals surface area (Å²) in [6.45, 7) is 5.02. The third-order valence-corrected chi connectivity index (χ3v) is 3.67. The van der Waals surface area contributed by atoms with Gasteiger partial charge in [0.25, 0.3) is 5.91 Å². The van der Waals surface area contributed by atoms with Gasteiger partial charge in [-0.2, -0.15) is 0 Å². The number of hydrogen-bond donors (Lipinski definition) is 2. The predicted molar refractivity (Wildman–Crippen MR) is 77.0 cm³/mol. The molecule has 19 heavy (non-hydrogen) atoms. The lowest BCUT2D eigenvalue weighted by Crippen LogP contribution is -2.53. The van der Waals surface area contributed by atoms with Gasteiger partial charge in [-0.3, -0.25) is 4.79 Å². The van der Waals surface area contributed by atoms with Crippen LogP contribution in [0.5, 0.6) is 0 Å². The van der Waals surface area contributed by atoms with Gasteiger partial charge in [-0.05, 0) is 54.9 Å². The number of halogens is 1. The van der Waals surface area contributed by atoms with Gasteiger partial charge in [-0.25, -0.2) is 4.79 Å². The van der Waals surface area contributed by atoms with Crippen molar-refractivity contribution >= 4 is 33.5 Å². The molecule has 1 aromatic rings. The van der Waals surface area contributed by atoms with Gasteiger partial charge in [0.2, 0.25) is 0 Å². The molecular weight excluding hydrogens is 312 g/mol. The number of carboxylic acids is 1. The van der Waals surface area contributed by atoms with Crippen LogP contribution in [-0.2, 0) is 4.79 Å². The number of amides is 1. The Labute approximate surface area is 120 Å². The number of carboxylic acid groups (broad SMARTS) is 1. The number of hydrogen-bond acceptors (Lipinski definition) is 3. The Bertz CT molecular complexity index is 515. The van der Waals surface area contributed by atoms with E-state index in [2.05, 4.69) is 15.9 Å². The van der Waals surface area contributed by atoms with Crippen LogP contribution in [0.15, 0.2) is 22.7 Å². The maximum atomic E-state index is 12.5. The molecule has 0 saturated heterocycles. The number of nitrogens with two attached hydrogens (primary N) is 1.